The Labute approximate surface area is 121 Å². The van der Waals surface area contributed by atoms with Crippen LogP contribution in [0.4, 0.5) is 5.82 Å². The summed E-state index contributed by atoms with van der Waals surface area (Å²) in [5.41, 5.74) is 2.50. The number of anilines is 1. The Hall–Kier alpha value is -1.16. The molecule has 2 atom stereocenters. The van der Waals surface area contributed by atoms with Gasteiger partial charge >= 0.3 is 0 Å². The van der Waals surface area contributed by atoms with Crippen LogP contribution in [0.15, 0.2) is 6.33 Å². The highest BCUT2D eigenvalue weighted by Gasteiger charge is 2.23. The Bertz CT molecular complexity index is 449. The molecule has 0 saturated heterocycles. The molecule has 0 bridgehead atoms. The lowest BCUT2D eigenvalue weighted by molar-refractivity contribution is 0.144. The van der Waals surface area contributed by atoms with Crippen LogP contribution in [0.25, 0.3) is 0 Å². The number of aliphatic hydroxyl groups is 1. The van der Waals surface area contributed by atoms with Crippen molar-refractivity contribution < 1.29 is 5.11 Å². The summed E-state index contributed by atoms with van der Waals surface area (Å²) in [6.07, 6.45) is 12.8. The summed E-state index contributed by atoms with van der Waals surface area (Å²) in [7, 11) is 0. The fourth-order valence-corrected chi connectivity index (χ4v) is 3.45. The minimum absolute atomic E-state index is 0.153. The molecule has 2 aliphatic rings. The Kier molecular flexibility index (Phi) is 4.51. The van der Waals surface area contributed by atoms with E-state index in [0.717, 1.165) is 37.9 Å². The molecule has 0 aromatic carbocycles. The molecule has 3 rings (SSSR count). The average Bonchev–Trinajstić information content (AvgIpc) is 2.81. The van der Waals surface area contributed by atoms with Gasteiger partial charge in [-0.25, -0.2) is 9.97 Å². The van der Waals surface area contributed by atoms with Gasteiger partial charge in [-0.05, 0) is 38.5 Å². The summed E-state index contributed by atoms with van der Waals surface area (Å²) >= 11 is 0. The molecule has 20 heavy (non-hydrogen) atoms. The van der Waals surface area contributed by atoms with E-state index in [-0.39, 0.29) is 12.1 Å². The first kappa shape index (κ1) is 13.8. The molecule has 0 aliphatic heterocycles. The molecule has 4 nitrogen and oxygen atoms in total. The van der Waals surface area contributed by atoms with Crippen LogP contribution < -0.4 is 5.32 Å². The molecular weight excluding hydrogens is 250 g/mol. The molecule has 1 aromatic heterocycles. The number of nitrogens with zero attached hydrogens (tertiary/aromatic N) is 2. The maximum absolute atomic E-state index is 10.3. The zero-order valence-electron chi connectivity index (χ0n) is 12.1. The number of rotatable bonds is 2. The highest BCUT2D eigenvalue weighted by atomic mass is 16.3. The van der Waals surface area contributed by atoms with E-state index in [1.807, 2.05) is 0 Å². The third-order valence-corrected chi connectivity index (χ3v) is 4.68. The van der Waals surface area contributed by atoms with Crippen molar-refractivity contribution in [3.05, 3.63) is 17.6 Å². The van der Waals surface area contributed by atoms with E-state index in [0.29, 0.717) is 0 Å². The average molecular weight is 275 g/mol. The van der Waals surface area contributed by atoms with Crippen LogP contribution in [-0.4, -0.2) is 27.2 Å². The molecule has 2 N–H and O–H groups in total. The Morgan fingerprint density at radius 1 is 0.950 bits per heavy atom. The van der Waals surface area contributed by atoms with Crippen LogP contribution in [-0.2, 0) is 12.8 Å². The monoisotopic (exact) mass is 275 g/mol. The van der Waals surface area contributed by atoms with E-state index in [9.17, 15) is 5.11 Å². The van der Waals surface area contributed by atoms with Crippen molar-refractivity contribution in [2.24, 2.45) is 0 Å². The van der Waals surface area contributed by atoms with Crippen LogP contribution in [0, 0.1) is 0 Å². The van der Waals surface area contributed by atoms with E-state index < -0.39 is 0 Å². The maximum atomic E-state index is 10.3. The summed E-state index contributed by atoms with van der Waals surface area (Å²) in [5, 5.41) is 13.8. The smallest absolute Gasteiger partial charge is 0.133 e. The van der Waals surface area contributed by atoms with Gasteiger partial charge in [-0.3, -0.25) is 0 Å². The summed E-state index contributed by atoms with van der Waals surface area (Å²) in [6, 6.07) is 0.153. The van der Waals surface area contributed by atoms with E-state index in [2.05, 4.69) is 15.3 Å². The van der Waals surface area contributed by atoms with Crippen LogP contribution in [0.2, 0.25) is 0 Å². The minimum atomic E-state index is -0.242. The van der Waals surface area contributed by atoms with Gasteiger partial charge in [-0.1, -0.05) is 25.7 Å². The fraction of sp³-hybridized carbons (Fsp3) is 0.750. The molecular formula is C16H25N3O. The molecule has 0 spiro atoms. The Morgan fingerprint density at radius 3 is 2.70 bits per heavy atom. The van der Waals surface area contributed by atoms with Crippen molar-refractivity contribution in [2.75, 3.05) is 5.32 Å². The highest BCUT2D eigenvalue weighted by Crippen LogP contribution is 2.27. The summed E-state index contributed by atoms with van der Waals surface area (Å²) in [6.45, 7) is 0. The molecule has 2 aliphatic carbocycles. The standard InChI is InChI=1S/C16H25N3O/c20-15-10-6-2-5-9-14(15)19-16-12-7-3-1-4-8-13(12)17-11-18-16/h11,14-15,20H,1-10H2,(H,17,18,19). The predicted molar refractivity (Wildman–Crippen MR) is 79.8 cm³/mol. The first-order chi connectivity index (χ1) is 9.84. The number of aryl methyl sites for hydroxylation is 1. The maximum Gasteiger partial charge on any atom is 0.133 e. The molecule has 1 fully saturated rings. The Morgan fingerprint density at radius 2 is 1.75 bits per heavy atom. The molecule has 1 aromatic rings. The topological polar surface area (TPSA) is 58.0 Å². The van der Waals surface area contributed by atoms with Gasteiger partial charge in [0, 0.05) is 11.3 Å². The first-order valence-corrected chi connectivity index (χ1v) is 8.12. The largest absolute Gasteiger partial charge is 0.391 e. The van der Waals surface area contributed by atoms with Crippen LogP contribution >= 0.6 is 0 Å². The second-order valence-corrected chi connectivity index (χ2v) is 6.16. The first-order valence-electron chi connectivity index (χ1n) is 8.12. The molecule has 1 saturated carbocycles. The van der Waals surface area contributed by atoms with Crippen LogP contribution in [0.5, 0.6) is 0 Å². The van der Waals surface area contributed by atoms with E-state index in [1.165, 1.54) is 43.4 Å². The van der Waals surface area contributed by atoms with Gasteiger partial charge in [0.25, 0.3) is 0 Å². The number of hydrogen-bond acceptors (Lipinski definition) is 4. The molecule has 110 valence electrons. The van der Waals surface area contributed by atoms with Crippen molar-refractivity contribution in [3.63, 3.8) is 0 Å². The lowest BCUT2D eigenvalue weighted by Crippen LogP contribution is -2.33. The lowest BCUT2D eigenvalue weighted by atomic mass is 10.0. The SMILES string of the molecule is OC1CCCCCC1Nc1ncnc2c1CCCCC2. The third kappa shape index (κ3) is 3.11. The second kappa shape index (κ2) is 6.53. The zero-order valence-corrected chi connectivity index (χ0v) is 12.1. The van der Waals surface area contributed by atoms with Gasteiger partial charge in [0.1, 0.15) is 12.1 Å². The van der Waals surface area contributed by atoms with E-state index in [1.54, 1.807) is 6.33 Å². The number of aliphatic hydroxyl groups excluding tert-OH is 1. The van der Waals surface area contributed by atoms with Gasteiger partial charge in [0.15, 0.2) is 0 Å². The summed E-state index contributed by atoms with van der Waals surface area (Å²) in [5.74, 6) is 0.975. The number of fused-ring (bicyclic) bond motifs is 1. The fourth-order valence-electron chi connectivity index (χ4n) is 3.45. The van der Waals surface area contributed by atoms with Crippen molar-refractivity contribution in [2.45, 2.75) is 76.4 Å². The lowest BCUT2D eigenvalue weighted by Gasteiger charge is -2.24. The quantitative estimate of drug-likeness (QED) is 0.643. The molecule has 1 heterocycles. The second-order valence-electron chi connectivity index (χ2n) is 6.16. The van der Waals surface area contributed by atoms with E-state index >= 15 is 0 Å². The minimum Gasteiger partial charge on any atom is -0.391 e. The zero-order chi connectivity index (χ0) is 13.8. The van der Waals surface area contributed by atoms with Gasteiger partial charge in [0.2, 0.25) is 0 Å². The third-order valence-electron chi connectivity index (χ3n) is 4.68. The van der Waals surface area contributed by atoms with Crippen molar-refractivity contribution >= 4 is 5.82 Å². The predicted octanol–water partition coefficient (Wildman–Crippen LogP) is 2.85. The van der Waals surface area contributed by atoms with Crippen LogP contribution in [0.1, 0.15) is 62.6 Å². The summed E-state index contributed by atoms with van der Waals surface area (Å²) < 4.78 is 0. The van der Waals surface area contributed by atoms with E-state index in [4.69, 9.17) is 0 Å². The van der Waals surface area contributed by atoms with Crippen molar-refractivity contribution in [1.29, 1.82) is 0 Å². The van der Waals surface area contributed by atoms with Gasteiger partial charge in [0.05, 0.1) is 12.1 Å². The molecule has 2 unspecified atom stereocenters. The van der Waals surface area contributed by atoms with Gasteiger partial charge < -0.3 is 10.4 Å². The highest BCUT2D eigenvalue weighted by molar-refractivity contribution is 5.47. The van der Waals surface area contributed by atoms with Gasteiger partial charge in [-0.2, -0.15) is 0 Å². The normalized spacial score (nSPS) is 27.2. The Balaban J connectivity index is 1.79. The number of aromatic nitrogens is 2. The molecule has 0 radical (unpaired) electrons. The van der Waals surface area contributed by atoms with Crippen molar-refractivity contribution in [1.82, 2.24) is 9.97 Å². The number of hydrogen-bond donors (Lipinski definition) is 2. The van der Waals surface area contributed by atoms with Crippen molar-refractivity contribution in [3.8, 4) is 0 Å². The molecule has 0 amide bonds. The summed E-state index contributed by atoms with van der Waals surface area (Å²) in [4.78, 5) is 8.92. The molecule has 4 heteroatoms. The van der Waals surface area contributed by atoms with Crippen LogP contribution in [0.3, 0.4) is 0 Å². The number of nitrogens with one attached hydrogen (secondary N) is 1. The van der Waals surface area contributed by atoms with Gasteiger partial charge in [-0.15, -0.1) is 0 Å².